The molecule has 18 heavy (non-hydrogen) atoms. The zero-order valence-corrected chi connectivity index (χ0v) is 11.1. The van der Waals surface area contributed by atoms with Crippen molar-refractivity contribution < 1.29 is 9.47 Å². The van der Waals surface area contributed by atoms with Gasteiger partial charge < -0.3 is 14.8 Å². The normalized spacial score (nSPS) is 24.3. The summed E-state index contributed by atoms with van der Waals surface area (Å²) in [7, 11) is 0. The summed E-state index contributed by atoms with van der Waals surface area (Å²) in [6, 6.07) is 8.06. The summed E-state index contributed by atoms with van der Waals surface area (Å²) in [5.74, 6) is 0. The largest absolute Gasteiger partial charge is 0.467 e. The van der Waals surface area contributed by atoms with Crippen LogP contribution in [0.2, 0.25) is 0 Å². The fourth-order valence-electron chi connectivity index (χ4n) is 2.05. The fourth-order valence-corrected chi connectivity index (χ4v) is 2.87. The van der Waals surface area contributed by atoms with Crippen LogP contribution in [0.5, 0.6) is 5.19 Å². The Morgan fingerprint density at radius 1 is 1.44 bits per heavy atom. The Kier molecular flexibility index (Phi) is 3.45. The van der Waals surface area contributed by atoms with Gasteiger partial charge in [-0.1, -0.05) is 23.5 Å². The lowest BCUT2D eigenvalue weighted by molar-refractivity contribution is -0.0470. The summed E-state index contributed by atoms with van der Waals surface area (Å²) in [6.45, 7) is 4.38. The number of fused-ring (bicyclic) bond motifs is 1. The summed E-state index contributed by atoms with van der Waals surface area (Å²) in [5.41, 5.74) is 0.994. The Bertz CT molecular complexity index is 495. The van der Waals surface area contributed by atoms with Gasteiger partial charge in [-0.15, -0.1) is 0 Å². The first-order chi connectivity index (χ1) is 8.81. The maximum atomic E-state index is 5.77. The van der Waals surface area contributed by atoms with Crippen LogP contribution in [0.1, 0.15) is 6.92 Å². The first kappa shape index (κ1) is 11.9. The van der Waals surface area contributed by atoms with Crippen LogP contribution in [0, 0.1) is 0 Å². The molecule has 0 bridgehead atoms. The highest BCUT2D eigenvalue weighted by molar-refractivity contribution is 7.20. The van der Waals surface area contributed by atoms with Gasteiger partial charge in [0.1, 0.15) is 12.7 Å². The Labute approximate surface area is 110 Å². The van der Waals surface area contributed by atoms with Gasteiger partial charge >= 0.3 is 0 Å². The van der Waals surface area contributed by atoms with E-state index < -0.39 is 0 Å². The zero-order chi connectivity index (χ0) is 12.4. The molecule has 3 rings (SSSR count). The second-order valence-electron chi connectivity index (χ2n) is 4.49. The summed E-state index contributed by atoms with van der Waals surface area (Å²) in [6.07, 6.45) is 0.364. The van der Waals surface area contributed by atoms with Gasteiger partial charge in [0.2, 0.25) is 0 Å². The molecule has 1 N–H and O–H groups in total. The van der Waals surface area contributed by atoms with Crippen LogP contribution in [0.4, 0.5) is 0 Å². The summed E-state index contributed by atoms with van der Waals surface area (Å²) >= 11 is 1.58. The maximum Gasteiger partial charge on any atom is 0.274 e. The van der Waals surface area contributed by atoms with Crippen molar-refractivity contribution in [2.75, 3.05) is 19.7 Å². The minimum absolute atomic E-state index is 0.112. The Balaban J connectivity index is 1.62. The van der Waals surface area contributed by atoms with Gasteiger partial charge in [-0.05, 0) is 19.1 Å². The van der Waals surface area contributed by atoms with E-state index in [0.717, 1.165) is 28.5 Å². The molecule has 1 saturated heterocycles. The van der Waals surface area contributed by atoms with E-state index in [0.29, 0.717) is 6.61 Å². The highest BCUT2D eigenvalue weighted by Crippen LogP contribution is 2.27. The molecular formula is C13H16N2O2S. The molecule has 4 nitrogen and oxygen atoms in total. The number of aromatic nitrogens is 1. The van der Waals surface area contributed by atoms with Gasteiger partial charge in [0.15, 0.2) is 0 Å². The molecule has 1 aromatic heterocycles. The summed E-state index contributed by atoms with van der Waals surface area (Å²) in [5, 5.41) is 4.05. The van der Waals surface area contributed by atoms with Crippen molar-refractivity contribution in [2.45, 2.75) is 19.1 Å². The number of rotatable bonds is 3. The van der Waals surface area contributed by atoms with E-state index in [1.807, 2.05) is 18.2 Å². The number of para-hydroxylation sites is 1. The smallest absolute Gasteiger partial charge is 0.274 e. The summed E-state index contributed by atoms with van der Waals surface area (Å²) in [4.78, 5) is 4.44. The van der Waals surface area contributed by atoms with Crippen molar-refractivity contribution in [3.8, 4) is 5.19 Å². The van der Waals surface area contributed by atoms with E-state index in [1.165, 1.54) is 0 Å². The number of nitrogens with zero attached hydrogens (tertiary/aromatic N) is 1. The van der Waals surface area contributed by atoms with Crippen LogP contribution in [0.15, 0.2) is 24.3 Å². The standard InChI is InChI=1S/C13H16N2O2S/c1-9-6-14-7-10(17-9)8-16-13-15-11-4-2-3-5-12(11)18-13/h2-5,9-10,14H,6-8H2,1H3. The monoisotopic (exact) mass is 264 g/mol. The molecular weight excluding hydrogens is 248 g/mol. The lowest BCUT2D eigenvalue weighted by Gasteiger charge is -2.28. The number of morpholine rings is 1. The molecule has 1 aliphatic rings. The number of hydrogen-bond donors (Lipinski definition) is 1. The second kappa shape index (κ2) is 5.22. The molecule has 0 spiro atoms. The first-order valence-corrected chi connectivity index (χ1v) is 6.97. The van der Waals surface area contributed by atoms with E-state index in [9.17, 15) is 0 Å². The molecule has 96 valence electrons. The molecule has 2 heterocycles. The summed E-state index contributed by atoms with van der Waals surface area (Å²) < 4.78 is 12.6. The molecule has 5 heteroatoms. The van der Waals surface area contributed by atoms with Crippen LogP contribution >= 0.6 is 11.3 Å². The first-order valence-electron chi connectivity index (χ1n) is 6.16. The highest BCUT2D eigenvalue weighted by Gasteiger charge is 2.19. The number of nitrogens with one attached hydrogen (secondary N) is 1. The molecule has 2 unspecified atom stereocenters. The zero-order valence-electron chi connectivity index (χ0n) is 10.3. The Morgan fingerprint density at radius 3 is 3.17 bits per heavy atom. The predicted molar refractivity (Wildman–Crippen MR) is 72.3 cm³/mol. The van der Waals surface area contributed by atoms with Crippen molar-refractivity contribution in [1.29, 1.82) is 0 Å². The number of benzene rings is 1. The van der Waals surface area contributed by atoms with E-state index in [-0.39, 0.29) is 12.2 Å². The molecule has 1 fully saturated rings. The van der Waals surface area contributed by atoms with E-state index in [4.69, 9.17) is 9.47 Å². The van der Waals surface area contributed by atoms with Crippen LogP contribution < -0.4 is 10.1 Å². The number of ether oxygens (including phenoxy) is 2. The average molecular weight is 264 g/mol. The second-order valence-corrected chi connectivity index (χ2v) is 5.48. The van der Waals surface area contributed by atoms with Crippen LogP contribution in [-0.2, 0) is 4.74 Å². The van der Waals surface area contributed by atoms with Crippen molar-refractivity contribution in [2.24, 2.45) is 0 Å². The SMILES string of the molecule is CC1CNCC(COc2nc3ccccc3s2)O1. The Morgan fingerprint density at radius 2 is 2.33 bits per heavy atom. The molecule has 1 aromatic carbocycles. The Hall–Kier alpha value is -1.17. The molecule has 2 aromatic rings. The van der Waals surface area contributed by atoms with Crippen LogP contribution in [0.3, 0.4) is 0 Å². The minimum atomic E-state index is 0.112. The van der Waals surface area contributed by atoms with E-state index in [1.54, 1.807) is 11.3 Å². The van der Waals surface area contributed by atoms with E-state index in [2.05, 4.69) is 23.3 Å². The predicted octanol–water partition coefficient (Wildman–Crippen LogP) is 2.05. The quantitative estimate of drug-likeness (QED) is 0.921. The van der Waals surface area contributed by atoms with Crippen molar-refractivity contribution in [3.05, 3.63) is 24.3 Å². The molecule has 0 aliphatic carbocycles. The number of hydrogen-bond acceptors (Lipinski definition) is 5. The molecule has 0 amide bonds. The van der Waals surface area contributed by atoms with Gasteiger partial charge in [0, 0.05) is 13.1 Å². The highest BCUT2D eigenvalue weighted by atomic mass is 32.1. The molecule has 0 radical (unpaired) electrons. The lowest BCUT2D eigenvalue weighted by atomic mass is 10.2. The maximum absolute atomic E-state index is 5.77. The van der Waals surface area contributed by atoms with Crippen molar-refractivity contribution in [1.82, 2.24) is 10.3 Å². The van der Waals surface area contributed by atoms with Gasteiger partial charge in [0.25, 0.3) is 5.19 Å². The van der Waals surface area contributed by atoms with Gasteiger partial charge in [-0.3, -0.25) is 0 Å². The number of thiazole rings is 1. The molecule has 2 atom stereocenters. The fraction of sp³-hybridized carbons (Fsp3) is 0.462. The van der Waals surface area contributed by atoms with Gasteiger partial charge in [-0.25, -0.2) is 4.98 Å². The lowest BCUT2D eigenvalue weighted by Crippen LogP contribution is -2.45. The van der Waals surface area contributed by atoms with Gasteiger partial charge in [-0.2, -0.15) is 0 Å². The third-order valence-electron chi connectivity index (χ3n) is 2.90. The minimum Gasteiger partial charge on any atom is -0.467 e. The van der Waals surface area contributed by atoms with Crippen LogP contribution in [-0.4, -0.2) is 36.9 Å². The average Bonchev–Trinajstić information content (AvgIpc) is 2.79. The van der Waals surface area contributed by atoms with E-state index >= 15 is 0 Å². The topological polar surface area (TPSA) is 43.4 Å². The molecule has 0 saturated carbocycles. The third kappa shape index (κ3) is 2.63. The molecule has 1 aliphatic heterocycles. The van der Waals surface area contributed by atoms with Crippen LogP contribution in [0.25, 0.3) is 10.2 Å². The van der Waals surface area contributed by atoms with Crippen molar-refractivity contribution >= 4 is 21.6 Å². The van der Waals surface area contributed by atoms with Gasteiger partial charge in [0.05, 0.1) is 16.3 Å². The van der Waals surface area contributed by atoms with Crippen molar-refractivity contribution in [3.63, 3.8) is 0 Å². The third-order valence-corrected chi connectivity index (χ3v) is 3.84.